The van der Waals surface area contributed by atoms with Crippen molar-refractivity contribution in [2.75, 3.05) is 6.54 Å². The van der Waals surface area contributed by atoms with Crippen LogP contribution in [0.25, 0.3) is 0 Å². The molecule has 0 aliphatic rings. The second-order valence-electron chi connectivity index (χ2n) is 3.57. The lowest BCUT2D eigenvalue weighted by atomic mass is 10.2. The van der Waals surface area contributed by atoms with E-state index in [1.807, 2.05) is 6.92 Å². The number of carbonyl (C=O) groups is 1. The number of aromatic nitrogens is 1. The van der Waals surface area contributed by atoms with Crippen molar-refractivity contribution >= 4 is 5.91 Å². The van der Waals surface area contributed by atoms with Crippen LogP contribution >= 0.6 is 0 Å². The Hall–Kier alpha value is -1.56. The number of nitrogens with one attached hydrogen (secondary N) is 1. The Kier molecular flexibility index (Phi) is 4.96. The van der Waals surface area contributed by atoms with Crippen LogP contribution in [0.5, 0.6) is 0 Å². The van der Waals surface area contributed by atoms with E-state index in [2.05, 4.69) is 10.3 Å². The number of hydrogen-bond acceptors (Lipinski definition) is 3. The van der Waals surface area contributed by atoms with Gasteiger partial charge in [-0.1, -0.05) is 6.92 Å². The van der Waals surface area contributed by atoms with Gasteiger partial charge in [0.15, 0.2) is 5.82 Å². The molecule has 0 aliphatic heterocycles. The first-order chi connectivity index (χ1) is 8.06. The Morgan fingerprint density at radius 2 is 2.29 bits per heavy atom. The van der Waals surface area contributed by atoms with Crippen molar-refractivity contribution in [3.05, 3.63) is 29.6 Å². The van der Waals surface area contributed by atoms with E-state index in [0.29, 0.717) is 12.8 Å². The maximum atomic E-state index is 13.2. The van der Waals surface area contributed by atoms with Crippen molar-refractivity contribution < 1.29 is 18.7 Å². The predicted molar refractivity (Wildman–Crippen MR) is 57.4 cm³/mol. The third-order valence-electron chi connectivity index (χ3n) is 2.33. The van der Waals surface area contributed by atoms with Gasteiger partial charge in [-0.2, -0.15) is 4.39 Å². The summed E-state index contributed by atoms with van der Waals surface area (Å²) in [5.41, 5.74) is -0.386. The highest BCUT2D eigenvalue weighted by atomic mass is 19.2. The molecule has 0 aromatic carbocycles. The number of nitrogens with zero attached hydrogens (tertiary/aromatic N) is 1. The molecule has 0 fully saturated rings. The Morgan fingerprint density at radius 1 is 1.59 bits per heavy atom. The molecule has 4 nitrogen and oxygen atoms in total. The maximum absolute atomic E-state index is 13.2. The summed E-state index contributed by atoms with van der Waals surface area (Å²) in [6.45, 7) is 2.02. The van der Waals surface area contributed by atoms with E-state index in [1.54, 1.807) is 0 Å². The Bertz CT molecular complexity index is 399. The van der Waals surface area contributed by atoms with E-state index in [0.717, 1.165) is 12.3 Å². The van der Waals surface area contributed by atoms with Crippen LogP contribution in [0.2, 0.25) is 0 Å². The first-order valence-corrected chi connectivity index (χ1v) is 5.32. The smallest absolute Gasteiger partial charge is 0.254 e. The fourth-order valence-corrected chi connectivity index (χ4v) is 1.25. The molecule has 1 heterocycles. The monoisotopic (exact) mass is 244 g/mol. The van der Waals surface area contributed by atoms with Gasteiger partial charge in [0, 0.05) is 12.7 Å². The Morgan fingerprint density at radius 3 is 2.94 bits per heavy atom. The van der Waals surface area contributed by atoms with Gasteiger partial charge < -0.3 is 10.4 Å². The minimum atomic E-state index is -1.30. The third kappa shape index (κ3) is 3.74. The van der Waals surface area contributed by atoms with Gasteiger partial charge in [-0.15, -0.1) is 0 Å². The third-order valence-corrected chi connectivity index (χ3v) is 2.33. The van der Waals surface area contributed by atoms with Crippen LogP contribution in [0.4, 0.5) is 8.78 Å². The average molecular weight is 244 g/mol. The van der Waals surface area contributed by atoms with Gasteiger partial charge in [-0.3, -0.25) is 4.79 Å². The molecular weight excluding hydrogens is 230 g/mol. The number of carbonyl (C=O) groups excluding carboxylic acids is 1. The number of aliphatic hydroxyl groups is 1. The van der Waals surface area contributed by atoms with Crippen LogP contribution < -0.4 is 5.32 Å². The minimum Gasteiger partial charge on any atom is -0.393 e. The number of amides is 1. The van der Waals surface area contributed by atoms with Crippen LogP contribution in [-0.4, -0.2) is 28.6 Å². The van der Waals surface area contributed by atoms with E-state index in [-0.39, 0.29) is 12.1 Å². The summed E-state index contributed by atoms with van der Waals surface area (Å²) < 4.78 is 25.9. The van der Waals surface area contributed by atoms with Gasteiger partial charge in [-0.25, -0.2) is 9.37 Å². The van der Waals surface area contributed by atoms with Gasteiger partial charge in [-0.05, 0) is 18.9 Å². The summed E-state index contributed by atoms with van der Waals surface area (Å²) in [5, 5.41) is 11.6. The fourth-order valence-electron chi connectivity index (χ4n) is 1.25. The van der Waals surface area contributed by atoms with E-state index in [9.17, 15) is 18.7 Å². The predicted octanol–water partition coefficient (Wildman–Crippen LogP) is 1.25. The molecule has 1 aromatic heterocycles. The first-order valence-electron chi connectivity index (χ1n) is 5.32. The summed E-state index contributed by atoms with van der Waals surface area (Å²) in [5.74, 6) is -3.28. The largest absolute Gasteiger partial charge is 0.393 e. The first kappa shape index (κ1) is 13.5. The molecule has 17 heavy (non-hydrogen) atoms. The summed E-state index contributed by atoms with van der Waals surface area (Å²) >= 11 is 0. The molecule has 1 amide bonds. The molecule has 0 aliphatic carbocycles. The van der Waals surface area contributed by atoms with Gasteiger partial charge in [0.25, 0.3) is 5.91 Å². The quantitative estimate of drug-likeness (QED) is 0.766. The molecule has 1 rings (SSSR count). The van der Waals surface area contributed by atoms with Crippen LogP contribution in [0.15, 0.2) is 12.3 Å². The molecule has 0 saturated heterocycles. The van der Waals surface area contributed by atoms with Gasteiger partial charge >= 0.3 is 0 Å². The molecule has 6 heteroatoms. The highest BCUT2D eigenvalue weighted by Gasteiger charge is 2.15. The summed E-state index contributed by atoms with van der Waals surface area (Å²) in [7, 11) is 0. The zero-order chi connectivity index (χ0) is 12.8. The van der Waals surface area contributed by atoms with E-state index < -0.39 is 23.8 Å². The van der Waals surface area contributed by atoms with E-state index >= 15 is 0 Å². The molecule has 1 atom stereocenters. The van der Waals surface area contributed by atoms with Crippen LogP contribution in [0.1, 0.15) is 30.1 Å². The number of halogens is 2. The van der Waals surface area contributed by atoms with Gasteiger partial charge in [0.2, 0.25) is 5.95 Å². The van der Waals surface area contributed by atoms with Crippen LogP contribution in [0, 0.1) is 11.8 Å². The number of pyridine rings is 1. The van der Waals surface area contributed by atoms with E-state index in [1.165, 1.54) is 0 Å². The molecule has 1 unspecified atom stereocenters. The van der Waals surface area contributed by atoms with Crippen molar-refractivity contribution in [2.24, 2.45) is 0 Å². The molecule has 0 bridgehead atoms. The lowest BCUT2D eigenvalue weighted by Gasteiger charge is -2.09. The normalized spacial score (nSPS) is 12.2. The molecule has 0 radical (unpaired) electrons. The molecular formula is C11H14F2N2O2. The van der Waals surface area contributed by atoms with Crippen LogP contribution in [0.3, 0.4) is 0 Å². The minimum absolute atomic E-state index is 0.206. The average Bonchev–Trinajstić information content (AvgIpc) is 2.32. The van der Waals surface area contributed by atoms with Crippen molar-refractivity contribution in [3.8, 4) is 0 Å². The molecule has 1 aromatic rings. The van der Waals surface area contributed by atoms with E-state index in [4.69, 9.17) is 0 Å². The highest BCUT2D eigenvalue weighted by Crippen LogP contribution is 2.08. The topological polar surface area (TPSA) is 62.2 Å². The molecule has 0 saturated carbocycles. The molecule has 2 N–H and O–H groups in total. The zero-order valence-electron chi connectivity index (χ0n) is 9.41. The van der Waals surface area contributed by atoms with Gasteiger partial charge in [0.1, 0.15) is 0 Å². The van der Waals surface area contributed by atoms with Gasteiger partial charge in [0.05, 0.1) is 11.7 Å². The Labute approximate surface area is 97.7 Å². The number of hydrogen-bond donors (Lipinski definition) is 2. The molecule has 94 valence electrons. The lowest BCUT2D eigenvalue weighted by molar-refractivity contribution is 0.0936. The van der Waals surface area contributed by atoms with Crippen LogP contribution in [-0.2, 0) is 0 Å². The van der Waals surface area contributed by atoms with Crippen molar-refractivity contribution in [2.45, 2.75) is 25.9 Å². The zero-order valence-corrected chi connectivity index (χ0v) is 9.41. The van der Waals surface area contributed by atoms with Crippen molar-refractivity contribution in [3.63, 3.8) is 0 Å². The summed E-state index contributed by atoms with van der Waals surface area (Å²) in [4.78, 5) is 14.5. The Balaban J connectivity index is 2.56. The summed E-state index contributed by atoms with van der Waals surface area (Å²) in [6.07, 6.45) is 1.47. The van der Waals surface area contributed by atoms with Crippen molar-refractivity contribution in [1.82, 2.24) is 10.3 Å². The molecule has 0 spiro atoms. The highest BCUT2D eigenvalue weighted by molar-refractivity contribution is 5.94. The maximum Gasteiger partial charge on any atom is 0.254 e. The second kappa shape index (κ2) is 6.24. The number of aliphatic hydroxyl groups excluding tert-OH is 1. The van der Waals surface area contributed by atoms with Crippen molar-refractivity contribution in [1.29, 1.82) is 0 Å². The number of rotatable bonds is 5. The fraction of sp³-hybridized carbons (Fsp3) is 0.455. The standard InChI is InChI=1S/C11H14F2N2O2/c1-2-7(16)3-5-15-11(17)8-4-6-14-10(13)9(8)12/h4,6-7,16H,2-3,5H2,1H3,(H,15,17). The second-order valence-corrected chi connectivity index (χ2v) is 3.57. The SMILES string of the molecule is CCC(O)CCNC(=O)c1ccnc(F)c1F. The lowest BCUT2D eigenvalue weighted by Crippen LogP contribution is -2.28. The summed E-state index contributed by atoms with van der Waals surface area (Å²) in [6, 6.07) is 1.10.